The minimum Gasteiger partial charge on any atom is -0.214 e. The van der Waals surface area contributed by atoms with Gasteiger partial charge in [-0.05, 0) is 5.97 Å². The topological polar surface area (TPSA) is 23.8 Å². The third kappa shape index (κ3) is 432. The Morgan fingerprint density at radius 3 is 1.75 bits per heavy atom. The van der Waals surface area contributed by atoms with E-state index in [1.54, 1.807) is 0 Å². The Kier molecular flexibility index (Phi) is 25.6. The summed E-state index contributed by atoms with van der Waals surface area (Å²) in [5.74, 6) is 1.25. The molecule has 0 amide bonds. The van der Waals surface area contributed by atoms with E-state index in [1.807, 2.05) is 0 Å². The van der Waals surface area contributed by atoms with E-state index in [1.165, 1.54) is 5.97 Å². The quantitative estimate of drug-likeness (QED) is 0.374. The summed E-state index contributed by atoms with van der Waals surface area (Å²) in [5.41, 5.74) is 0. The average molecular weight is 92.7 g/mol. The molecule has 0 aliphatic heterocycles. The first kappa shape index (κ1) is 8.95. The van der Waals surface area contributed by atoms with Gasteiger partial charge in [-0.25, -0.2) is 5.26 Å². The predicted octanol–water partition coefficient (Wildman–Crippen LogP) is -0.367. The van der Waals surface area contributed by atoms with Crippen LogP contribution in [-0.4, -0.2) is 7.85 Å². The van der Waals surface area contributed by atoms with E-state index in [9.17, 15) is 0 Å². The van der Waals surface area contributed by atoms with Crippen LogP contribution in [0.2, 0.25) is 0 Å². The van der Waals surface area contributed by atoms with E-state index in [0.29, 0.717) is 0 Å². The van der Waals surface area contributed by atoms with Crippen molar-refractivity contribution in [2.24, 2.45) is 0 Å². The molecular formula is CBFeN. The zero-order chi connectivity index (χ0) is 2.71. The molecule has 0 aliphatic rings. The van der Waals surface area contributed by atoms with Crippen LogP contribution in [0, 0.1) is 11.2 Å². The Morgan fingerprint density at radius 2 is 1.75 bits per heavy atom. The van der Waals surface area contributed by atoms with Crippen LogP contribution in [0.25, 0.3) is 0 Å². The van der Waals surface area contributed by atoms with Gasteiger partial charge in [0.25, 0.3) is 0 Å². The molecule has 0 saturated carbocycles. The molecule has 3 heteroatoms. The first-order valence-corrected chi connectivity index (χ1v) is 0.512. The van der Waals surface area contributed by atoms with Crippen molar-refractivity contribution in [3.05, 3.63) is 0 Å². The maximum absolute atomic E-state index is 7.10. The van der Waals surface area contributed by atoms with Gasteiger partial charge in [0, 0.05) is 17.1 Å². The molecule has 0 atom stereocenters. The molecule has 1 nitrogen and oxygen atoms in total. The normalized spacial score (nSPS) is 1.75. The van der Waals surface area contributed by atoms with Gasteiger partial charge in [-0.2, -0.15) is 0 Å². The van der Waals surface area contributed by atoms with E-state index in [-0.39, 0.29) is 17.1 Å². The van der Waals surface area contributed by atoms with Crippen molar-refractivity contribution in [2.75, 3.05) is 0 Å². The van der Waals surface area contributed by atoms with E-state index in [2.05, 4.69) is 7.85 Å². The third-order valence-corrected chi connectivity index (χ3v) is 0. The van der Waals surface area contributed by atoms with E-state index < -0.39 is 0 Å². The minimum atomic E-state index is 0. The zero-order valence-corrected chi connectivity index (χ0v) is 2.98. The van der Waals surface area contributed by atoms with Gasteiger partial charge >= 0.3 is 0 Å². The molecule has 0 saturated heterocycles. The summed E-state index contributed by atoms with van der Waals surface area (Å²) in [7, 11) is 4.15. The molecule has 20 valence electrons. The summed E-state index contributed by atoms with van der Waals surface area (Å²) in [6, 6.07) is 0. The van der Waals surface area contributed by atoms with Gasteiger partial charge in [-0.1, -0.05) is 0 Å². The number of nitrogens with zero attached hydrogens (tertiary/aromatic N) is 1. The van der Waals surface area contributed by atoms with Gasteiger partial charge in [-0.3, -0.25) is 0 Å². The standard InChI is InChI=1S/CBN.Fe/c2-1-3;. The fourth-order valence-electron chi connectivity index (χ4n) is 0. The third-order valence-electron chi connectivity index (χ3n) is 0. The zero-order valence-electron chi connectivity index (χ0n) is 1.88. The smallest absolute Gasteiger partial charge is 0.214 e. The van der Waals surface area contributed by atoms with Crippen LogP contribution >= 0.6 is 0 Å². The van der Waals surface area contributed by atoms with Crippen LogP contribution < -0.4 is 0 Å². The summed E-state index contributed by atoms with van der Waals surface area (Å²) < 4.78 is 0. The van der Waals surface area contributed by atoms with Gasteiger partial charge in [0.05, 0.1) is 0 Å². The average Bonchev–Trinajstić information content (AvgIpc) is 0.918. The van der Waals surface area contributed by atoms with Crippen molar-refractivity contribution in [1.29, 1.82) is 5.26 Å². The van der Waals surface area contributed by atoms with E-state index >= 15 is 0 Å². The molecule has 0 aromatic heterocycles. The second-order valence-electron chi connectivity index (χ2n) is 0.129. The number of nitriles is 1. The molecule has 0 spiro atoms. The molecule has 0 aliphatic carbocycles. The number of hydrogen-bond donors (Lipinski definition) is 0. The Labute approximate surface area is 36.9 Å². The van der Waals surface area contributed by atoms with Gasteiger partial charge in [0.15, 0.2) is 0 Å². The first-order chi connectivity index (χ1) is 1.41. The summed E-state index contributed by atoms with van der Waals surface area (Å²) in [4.78, 5) is 0. The molecule has 2 radical (unpaired) electrons. The van der Waals surface area contributed by atoms with E-state index in [4.69, 9.17) is 5.26 Å². The predicted molar refractivity (Wildman–Crippen MR) is 11.4 cm³/mol. The Balaban J connectivity index is 0. The molecule has 0 aromatic rings. The van der Waals surface area contributed by atoms with E-state index in [0.717, 1.165) is 0 Å². The minimum absolute atomic E-state index is 0. The Hall–Kier alpha value is 0.0744. The monoisotopic (exact) mass is 92.9 g/mol. The van der Waals surface area contributed by atoms with Crippen LogP contribution in [0.5, 0.6) is 0 Å². The SMILES string of the molecule is [B]C#N.[Fe]. The molecule has 0 bridgehead atoms. The van der Waals surface area contributed by atoms with Crippen molar-refractivity contribution in [1.82, 2.24) is 0 Å². The van der Waals surface area contributed by atoms with Crippen LogP contribution in [-0.2, 0) is 17.1 Å². The molecule has 0 rings (SSSR count). The van der Waals surface area contributed by atoms with Crippen LogP contribution in [0.4, 0.5) is 0 Å². The number of hydrogen-bond acceptors (Lipinski definition) is 1. The fraction of sp³-hybridized carbons (Fsp3) is 0. The van der Waals surface area contributed by atoms with Crippen LogP contribution in [0.3, 0.4) is 0 Å². The first-order valence-electron chi connectivity index (χ1n) is 0.512. The molecule has 0 aromatic carbocycles. The second kappa shape index (κ2) is 11.5. The van der Waals surface area contributed by atoms with Gasteiger partial charge in [0.2, 0.25) is 7.85 Å². The Morgan fingerprint density at radius 1 is 1.75 bits per heavy atom. The summed E-state index contributed by atoms with van der Waals surface area (Å²) >= 11 is 0. The second-order valence-corrected chi connectivity index (χ2v) is 0.129. The summed E-state index contributed by atoms with van der Waals surface area (Å²) in [6.45, 7) is 0. The van der Waals surface area contributed by atoms with Gasteiger partial charge < -0.3 is 0 Å². The summed E-state index contributed by atoms with van der Waals surface area (Å²) in [6.07, 6.45) is 0. The van der Waals surface area contributed by atoms with Crippen molar-refractivity contribution < 1.29 is 17.1 Å². The maximum Gasteiger partial charge on any atom is 0.229 e. The van der Waals surface area contributed by atoms with Gasteiger partial charge in [0.1, 0.15) is 0 Å². The summed E-state index contributed by atoms with van der Waals surface area (Å²) in [5, 5.41) is 7.10. The van der Waals surface area contributed by atoms with Crippen molar-refractivity contribution >= 4 is 7.85 Å². The van der Waals surface area contributed by atoms with Crippen molar-refractivity contribution in [3.8, 4) is 5.97 Å². The largest absolute Gasteiger partial charge is 0.229 e. The molecule has 0 fully saturated rings. The molecule has 4 heavy (non-hydrogen) atoms. The molecule has 0 N–H and O–H groups in total. The van der Waals surface area contributed by atoms with Crippen LogP contribution in [0.1, 0.15) is 0 Å². The number of rotatable bonds is 0. The van der Waals surface area contributed by atoms with Crippen LogP contribution in [0.15, 0.2) is 0 Å². The molecule has 0 heterocycles. The molecule has 0 unspecified atom stereocenters. The van der Waals surface area contributed by atoms with Crippen molar-refractivity contribution in [2.45, 2.75) is 0 Å². The fourth-order valence-corrected chi connectivity index (χ4v) is 0. The molecular weight excluding hydrogens is 92.7 g/mol. The van der Waals surface area contributed by atoms with Crippen molar-refractivity contribution in [3.63, 3.8) is 0 Å². The maximum atomic E-state index is 7.10. The van der Waals surface area contributed by atoms with Gasteiger partial charge in [-0.15, -0.1) is 0 Å². The Bertz CT molecular complexity index is 29.5.